The molecule has 0 N–H and O–H groups in total. The minimum Gasteiger partial charge on any atom is -0.370 e. The molecule has 76 valence electrons. The third-order valence-corrected chi connectivity index (χ3v) is 3.08. The molecule has 0 aromatic heterocycles. The molecular weight excluding hydrogens is 164 g/mol. The summed E-state index contributed by atoms with van der Waals surface area (Å²) in [7, 11) is 0. The first kappa shape index (κ1) is 9.47. The lowest BCUT2D eigenvalue weighted by atomic mass is 10.1. The van der Waals surface area contributed by atoms with Crippen molar-refractivity contribution >= 4 is 0 Å². The van der Waals surface area contributed by atoms with E-state index in [0.717, 1.165) is 6.42 Å². The summed E-state index contributed by atoms with van der Waals surface area (Å²) in [6.07, 6.45) is 8.51. The van der Waals surface area contributed by atoms with Gasteiger partial charge >= 0.3 is 0 Å². The van der Waals surface area contributed by atoms with Crippen molar-refractivity contribution in [3.8, 4) is 0 Å². The van der Waals surface area contributed by atoms with Crippen LogP contribution in [-0.4, -0.2) is 24.4 Å². The van der Waals surface area contributed by atoms with Crippen LogP contribution in [0.3, 0.4) is 0 Å². The van der Waals surface area contributed by atoms with Crippen LogP contribution in [0.25, 0.3) is 0 Å². The first-order chi connectivity index (χ1) is 6.31. The fraction of sp³-hybridized carbons (Fsp3) is 1.00. The maximum atomic E-state index is 5.58. The van der Waals surface area contributed by atoms with Crippen LogP contribution in [-0.2, 0) is 9.47 Å². The molecule has 2 nitrogen and oxygen atoms in total. The summed E-state index contributed by atoms with van der Waals surface area (Å²) in [4.78, 5) is 0. The van der Waals surface area contributed by atoms with Crippen LogP contribution in [0.4, 0.5) is 0 Å². The standard InChI is InChI=1S/C11H20O2/c1-3-4-5-6-9-11(13-9)7-10-8(2)12-10/h8-11H,3-7H2,1-2H3. The number of hydrogen-bond donors (Lipinski definition) is 0. The Morgan fingerprint density at radius 3 is 2.38 bits per heavy atom. The normalized spacial score (nSPS) is 42.0. The molecule has 4 unspecified atom stereocenters. The fourth-order valence-corrected chi connectivity index (χ4v) is 1.94. The lowest BCUT2D eigenvalue weighted by Gasteiger charge is -1.93. The van der Waals surface area contributed by atoms with E-state index in [9.17, 15) is 0 Å². The summed E-state index contributed by atoms with van der Waals surface area (Å²) < 4.78 is 10.9. The number of ether oxygens (including phenoxy) is 2. The quantitative estimate of drug-likeness (QED) is 0.468. The van der Waals surface area contributed by atoms with Gasteiger partial charge in [0, 0.05) is 6.42 Å². The Kier molecular flexibility index (Phi) is 2.89. The number of unbranched alkanes of at least 4 members (excludes halogenated alkanes) is 2. The van der Waals surface area contributed by atoms with Crippen LogP contribution in [0.15, 0.2) is 0 Å². The number of rotatable bonds is 6. The van der Waals surface area contributed by atoms with Gasteiger partial charge in [-0.05, 0) is 13.3 Å². The van der Waals surface area contributed by atoms with Gasteiger partial charge in [0.1, 0.15) is 0 Å². The highest BCUT2D eigenvalue weighted by atomic mass is 16.6. The Labute approximate surface area is 80.6 Å². The van der Waals surface area contributed by atoms with Gasteiger partial charge in [-0.1, -0.05) is 26.2 Å². The monoisotopic (exact) mass is 184 g/mol. The van der Waals surface area contributed by atoms with Gasteiger partial charge in [-0.2, -0.15) is 0 Å². The Morgan fingerprint density at radius 1 is 1.00 bits per heavy atom. The molecule has 0 amide bonds. The molecule has 2 aliphatic heterocycles. The minimum absolute atomic E-state index is 0.500. The van der Waals surface area contributed by atoms with Gasteiger partial charge in [0.2, 0.25) is 0 Å². The van der Waals surface area contributed by atoms with Crippen molar-refractivity contribution in [1.82, 2.24) is 0 Å². The molecule has 0 bridgehead atoms. The molecular formula is C11H20O2. The molecule has 2 aliphatic rings. The third-order valence-electron chi connectivity index (χ3n) is 3.08. The maximum absolute atomic E-state index is 5.58. The van der Waals surface area contributed by atoms with Gasteiger partial charge in [-0.15, -0.1) is 0 Å². The van der Waals surface area contributed by atoms with E-state index < -0.39 is 0 Å². The maximum Gasteiger partial charge on any atom is 0.0867 e. The SMILES string of the molecule is CCCCCC1OC1CC1OC1C. The summed E-state index contributed by atoms with van der Waals surface area (Å²) in [6.45, 7) is 4.38. The van der Waals surface area contributed by atoms with Gasteiger partial charge in [0.15, 0.2) is 0 Å². The van der Waals surface area contributed by atoms with E-state index in [2.05, 4.69) is 13.8 Å². The Hall–Kier alpha value is -0.0800. The van der Waals surface area contributed by atoms with Crippen molar-refractivity contribution in [2.45, 2.75) is 70.4 Å². The fourth-order valence-electron chi connectivity index (χ4n) is 1.94. The van der Waals surface area contributed by atoms with E-state index in [1.807, 2.05) is 0 Å². The van der Waals surface area contributed by atoms with E-state index in [0.29, 0.717) is 24.4 Å². The van der Waals surface area contributed by atoms with Gasteiger partial charge < -0.3 is 9.47 Å². The number of hydrogen-bond acceptors (Lipinski definition) is 2. The Balaban J connectivity index is 1.50. The molecule has 2 heteroatoms. The summed E-state index contributed by atoms with van der Waals surface area (Å²) in [6, 6.07) is 0. The molecule has 4 atom stereocenters. The van der Waals surface area contributed by atoms with Crippen molar-refractivity contribution in [2.75, 3.05) is 0 Å². The predicted molar refractivity (Wildman–Crippen MR) is 51.8 cm³/mol. The van der Waals surface area contributed by atoms with Gasteiger partial charge in [0.05, 0.1) is 24.4 Å². The molecule has 0 aromatic rings. The van der Waals surface area contributed by atoms with Crippen LogP contribution >= 0.6 is 0 Å². The van der Waals surface area contributed by atoms with Crippen LogP contribution in [0.2, 0.25) is 0 Å². The second kappa shape index (κ2) is 3.97. The predicted octanol–water partition coefficient (Wildman–Crippen LogP) is 2.51. The van der Waals surface area contributed by atoms with E-state index >= 15 is 0 Å². The van der Waals surface area contributed by atoms with Crippen LogP contribution in [0.1, 0.15) is 46.0 Å². The minimum atomic E-state index is 0.500. The van der Waals surface area contributed by atoms with Crippen molar-refractivity contribution in [3.63, 3.8) is 0 Å². The van der Waals surface area contributed by atoms with Gasteiger partial charge in [-0.3, -0.25) is 0 Å². The average molecular weight is 184 g/mol. The summed E-state index contributed by atoms with van der Waals surface area (Å²) in [5.41, 5.74) is 0. The van der Waals surface area contributed by atoms with Crippen molar-refractivity contribution in [3.05, 3.63) is 0 Å². The highest BCUT2D eigenvalue weighted by Crippen LogP contribution is 2.36. The topological polar surface area (TPSA) is 25.1 Å². The molecule has 0 aromatic carbocycles. The lowest BCUT2D eigenvalue weighted by molar-refractivity contribution is 0.322. The smallest absolute Gasteiger partial charge is 0.0867 e. The van der Waals surface area contributed by atoms with E-state index in [1.54, 1.807) is 0 Å². The summed E-state index contributed by atoms with van der Waals surface area (Å²) >= 11 is 0. The zero-order valence-electron chi connectivity index (χ0n) is 8.66. The molecule has 2 saturated heterocycles. The molecule has 2 rings (SSSR count). The number of epoxide rings is 2. The zero-order valence-corrected chi connectivity index (χ0v) is 8.66. The van der Waals surface area contributed by atoms with E-state index in [1.165, 1.54) is 25.7 Å². The Bertz CT molecular complexity index is 169. The average Bonchev–Trinajstić information content (AvgIpc) is 2.97. The summed E-state index contributed by atoms with van der Waals surface area (Å²) in [5.74, 6) is 0. The molecule has 0 spiro atoms. The third kappa shape index (κ3) is 2.68. The van der Waals surface area contributed by atoms with Crippen molar-refractivity contribution in [1.29, 1.82) is 0 Å². The molecule has 0 radical (unpaired) electrons. The highest BCUT2D eigenvalue weighted by molar-refractivity contribution is 4.92. The zero-order chi connectivity index (χ0) is 9.26. The molecule has 0 saturated carbocycles. The lowest BCUT2D eigenvalue weighted by Crippen LogP contribution is -2.00. The highest BCUT2D eigenvalue weighted by Gasteiger charge is 2.45. The van der Waals surface area contributed by atoms with Crippen LogP contribution < -0.4 is 0 Å². The van der Waals surface area contributed by atoms with Crippen LogP contribution in [0, 0.1) is 0 Å². The van der Waals surface area contributed by atoms with Crippen molar-refractivity contribution < 1.29 is 9.47 Å². The van der Waals surface area contributed by atoms with E-state index in [-0.39, 0.29) is 0 Å². The van der Waals surface area contributed by atoms with Gasteiger partial charge in [-0.25, -0.2) is 0 Å². The molecule has 13 heavy (non-hydrogen) atoms. The first-order valence-corrected chi connectivity index (χ1v) is 5.62. The largest absolute Gasteiger partial charge is 0.370 e. The Morgan fingerprint density at radius 2 is 1.77 bits per heavy atom. The van der Waals surface area contributed by atoms with E-state index in [4.69, 9.17) is 9.47 Å². The summed E-state index contributed by atoms with van der Waals surface area (Å²) in [5, 5.41) is 0. The first-order valence-electron chi connectivity index (χ1n) is 5.62. The molecule has 2 fully saturated rings. The molecule has 0 aliphatic carbocycles. The molecule has 2 heterocycles. The second-order valence-electron chi connectivity index (χ2n) is 4.32. The van der Waals surface area contributed by atoms with Gasteiger partial charge in [0.25, 0.3) is 0 Å². The van der Waals surface area contributed by atoms with Crippen molar-refractivity contribution in [2.24, 2.45) is 0 Å². The second-order valence-corrected chi connectivity index (χ2v) is 4.32. The van der Waals surface area contributed by atoms with Crippen LogP contribution in [0.5, 0.6) is 0 Å².